The van der Waals surface area contributed by atoms with Gasteiger partial charge in [0.15, 0.2) is 5.76 Å². The van der Waals surface area contributed by atoms with Crippen molar-refractivity contribution in [2.75, 3.05) is 0 Å². The van der Waals surface area contributed by atoms with Gasteiger partial charge in [-0.25, -0.2) is 0 Å². The molecule has 27 heavy (non-hydrogen) atoms. The number of thiophene rings is 1. The molecule has 2 heterocycles. The number of benzene rings is 2. The Morgan fingerprint density at radius 3 is 2.63 bits per heavy atom. The SMILES string of the molecule is C[C@H](NC(=O)c1oc2ccccc2c1COc1ccccc1)c1cccs1. The number of furan rings is 1. The van der Waals surface area contributed by atoms with Gasteiger partial charge < -0.3 is 14.5 Å². The maximum Gasteiger partial charge on any atom is 0.287 e. The highest BCUT2D eigenvalue weighted by atomic mass is 32.1. The van der Waals surface area contributed by atoms with Crippen molar-refractivity contribution in [2.24, 2.45) is 0 Å². The molecular formula is C22H19NO3S. The highest BCUT2D eigenvalue weighted by Crippen LogP contribution is 2.28. The maximum atomic E-state index is 12.9. The summed E-state index contributed by atoms with van der Waals surface area (Å²) in [5.74, 6) is 0.815. The van der Waals surface area contributed by atoms with Gasteiger partial charge >= 0.3 is 0 Å². The van der Waals surface area contributed by atoms with Gasteiger partial charge in [-0.1, -0.05) is 42.5 Å². The van der Waals surface area contributed by atoms with E-state index in [9.17, 15) is 4.79 Å². The van der Waals surface area contributed by atoms with E-state index in [0.29, 0.717) is 11.3 Å². The van der Waals surface area contributed by atoms with E-state index in [2.05, 4.69) is 5.32 Å². The van der Waals surface area contributed by atoms with E-state index >= 15 is 0 Å². The number of hydrogen-bond donors (Lipinski definition) is 1. The van der Waals surface area contributed by atoms with Crippen LogP contribution in [-0.4, -0.2) is 5.91 Å². The minimum atomic E-state index is -0.237. The Bertz CT molecular complexity index is 1040. The van der Waals surface area contributed by atoms with Crippen LogP contribution in [0.4, 0.5) is 0 Å². The summed E-state index contributed by atoms with van der Waals surface area (Å²) in [4.78, 5) is 14.0. The molecule has 4 rings (SSSR count). The summed E-state index contributed by atoms with van der Waals surface area (Å²) in [6.07, 6.45) is 0. The zero-order chi connectivity index (χ0) is 18.6. The molecule has 1 amide bonds. The van der Waals surface area contributed by atoms with Crippen LogP contribution in [0.15, 0.2) is 76.5 Å². The predicted octanol–water partition coefficient (Wildman–Crippen LogP) is 5.56. The molecule has 0 bridgehead atoms. The fourth-order valence-corrected chi connectivity index (χ4v) is 3.70. The molecule has 2 aromatic heterocycles. The van der Waals surface area contributed by atoms with E-state index in [1.165, 1.54) is 0 Å². The molecule has 136 valence electrons. The number of carbonyl (C=O) groups is 1. The van der Waals surface area contributed by atoms with Crippen LogP contribution in [0, 0.1) is 0 Å². The highest BCUT2D eigenvalue weighted by Gasteiger charge is 2.22. The minimum Gasteiger partial charge on any atom is -0.489 e. The van der Waals surface area contributed by atoms with Gasteiger partial charge in [0.2, 0.25) is 0 Å². The summed E-state index contributed by atoms with van der Waals surface area (Å²) in [5, 5.41) is 5.91. The van der Waals surface area contributed by atoms with Crippen molar-refractivity contribution >= 4 is 28.2 Å². The third-order valence-corrected chi connectivity index (χ3v) is 5.40. The predicted molar refractivity (Wildman–Crippen MR) is 107 cm³/mol. The second kappa shape index (κ2) is 7.68. The van der Waals surface area contributed by atoms with Crippen molar-refractivity contribution in [2.45, 2.75) is 19.6 Å². The lowest BCUT2D eigenvalue weighted by atomic mass is 10.1. The lowest BCUT2D eigenvalue weighted by molar-refractivity contribution is 0.0911. The first-order valence-electron chi connectivity index (χ1n) is 8.75. The summed E-state index contributed by atoms with van der Waals surface area (Å²) in [5.41, 5.74) is 1.43. The summed E-state index contributed by atoms with van der Waals surface area (Å²) >= 11 is 1.61. The van der Waals surface area contributed by atoms with E-state index in [-0.39, 0.29) is 18.6 Å². The van der Waals surface area contributed by atoms with Crippen molar-refractivity contribution in [3.63, 3.8) is 0 Å². The van der Waals surface area contributed by atoms with Crippen LogP contribution < -0.4 is 10.1 Å². The number of nitrogens with one attached hydrogen (secondary N) is 1. The van der Waals surface area contributed by atoms with Gasteiger partial charge in [0.1, 0.15) is 17.9 Å². The standard InChI is InChI=1S/C22H19NO3S/c1-15(20-12-7-13-27-20)23-22(24)21-18(14-25-16-8-3-2-4-9-16)17-10-5-6-11-19(17)26-21/h2-13,15H,14H2,1H3,(H,23,24)/t15-/m0/s1. The van der Waals surface area contributed by atoms with Crippen molar-refractivity contribution in [3.8, 4) is 5.75 Å². The Labute approximate surface area is 161 Å². The van der Waals surface area contributed by atoms with Crippen molar-refractivity contribution < 1.29 is 13.9 Å². The van der Waals surface area contributed by atoms with E-state index in [4.69, 9.17) is 9.15 Å². The first-order valence-corrected chi connectivity index (χ1v) is 9.63. The lowest BCUT2D eigenvalue weighted by Gasteiger charge is -2.12. The lowest BCUT2D eigenvalue weighted by Crippen LogP contribution is -2.26. The quantitative estimate of drug-likeness (QED) is 0.478. The van der Waals surface area contributed by atoms with Crippen LogP contribution in [0.1, 0.15) is 34.0 Å². The van der Waals surface area contributed by atoms with Crippen LogP contribution >= 0.6 is 11.3 Å². The smallest absolute Gasteiger partial charge is 0.287 e. The van der Waals surface area contributed by atoms with Gasteiger partial charge in [-0.15, -0.1) is 11.3 Å². The molecule has 0 spiro atoms. The van der Waals surface area contributed by atoms with Gasteiger partial charge in [0, 0.05) is 15.8 Å². The number of carbonyl (C=O) groups excluding carboxylic acids is 1. The van der Waals surface area contributed by atoms with Crippen LogP contribution in [0.5, 0.6) is 5.75 Å². The number of hydrogen-bond acceptors (Lipinski definition) is 4. The Hall–Kier alpha value is -3.05. The molecule has 0 aliphatic rings. The summed E-state index contributed by atoms with van der Waals surface area (Å²) < 4.78 is 11.8. The minimum absolute atomic E-state index is 0.0893. The van der Waals surface area contributed by atoms with E-state index in [0.717, 1.165) is 21.6 Å². The number of rotatable bonds is 6. The fourth-order valence-electron chi connectivity index (χ4n) is 2.97. The molecule has 0 aliphatic carbocycles. The Morgan fingerprint density at radius 2 is 1.85 bits per heavy atom. The summed E-state index contributed by atoms with van der Waals surface area (Å²) in [7, 11) is 0. The molecular weight excluding hydrogens is 358 g/mol. The Kier molecular flexibility index (Phi) is 4.94. The molecule has 5 heteroatoms. The van der Waals surface area contributed by atoms with Gasteiger partial charge in [0.05, 0.1) is 6.04 Å². The zero-order valence-electron chi connectivity index (χ0n) is 14.8. The van der Waals surface area contributed by atoms with E-state index in [1.807, 2.05) is 79.0 Å². The monoisotopic (exact) mass is 377 g/mol. The van der Waals surface area contributed by atoms with Gasteiger partial charge in [0.25, 0.3) is 5.91 Å². The van der Waals surface area contributed by atoms with Crippen molar-refractivity contribution in [3.05, 3.63) is 88.3 Å². The van der Waals surface area contributed by atoms with Gasteiger partial charge in [-0.05, 0) is 36.6 Å². The number of amides is 1. The molecule has 0 fully saturated rings. The van der Waals surface area contributed by atoms with Crippen molar-refractivity contribution in [1.29, 1.82) is 0 Å². The molecule has 0 unspecified atom stereocenters. The molecule has 1 N–H and O–H groups in total. The molecule has 4 aromatic rings. The van der Waals surface area contributed by atoms with E-state index in [1.54, 1.807) is 11.3 Å². The Balaban J connectivity index is 1.62. The fraction of sp³-hybridized carbons (Fsp3) is 0.136. The van der Waals surface area contributed by atoms with E-state index < -0.39 is 0 Å². The van der Waals surface area contributed by atoms with Gasteiger partial charge in [-0.2, -0.15) is 0 Å². The second-order valence-corrected chi connectivity index (χ2v) is 7.20. The van der Waals surface area contributed by atoms with Crippen LogP contribution in [-0.2, 0) is 6.61 Å². The average Bonchev–Trinajstić information content (AvgIpc) is 3.35. The van der Waals surface area contributed by atoms with Crippen LogP contribution in [0.3, 0.4) is 0 Å². The Morgan fingerprint density at radius 1 is 1.07 bits per heavy atom. The van der Waals surface area contributed by atoms with Gasteiger partial charge in [-0.3, -0.25) is 4.79 Å². The third kappa shape index (κ3) is 3.73. The molecule has 0 saturated carbocycles. The summed E-state index contributed by atoms with van der Waals surface area (Å²) in [6.45, 7) is 2.23. The molecule has 1 atom stereocenters. The molecule has 2 aromatic carbocycles. The highest BCUT2D eigenvalue weighted by molar-refractivity contribution is 7.10. The molecule has 4 nitrogen and oxygen atoms in total. The average molecular weight is 377 g/mol. The molecule has 0 aliphatic heterocycles. The van der Waals surface area contributed by atoms with Crippen LogP contribution in [0.25, 0.3) is 11.0 Å². The third-order valence-electron chi connectivity index (χ3n) is 4.35. The zero-order valence-corrected chi connectivity index (χ0v) is 15.7. The number of para-hydroxylation sites is 2. The maximum absolute atomic E-state index is 12.9. The largest absolute Gasteiger partial charge is 0.489 e. The summed E-state index contributed by atoms with van der Waals surface area (Å²) in [6, 6.07) is 21.1. The first kappa shape index (κ1) is 17.4. The first-order chi connectivity index (χ1) is 13.2. The topological polar surface area (TPSA) is 51.5 Å². The van der Waals surface area contributed by atoms with Crippen molar-refractivity contribution in [1.82, 2.24) is 5.32 Å². The second-order valence-electron chi connectivity index (χ2n) is 6.22. The number of ether oxygens (including phenoxy) is 1. The van der Waals surface area contributed by atoms with Crippen LogP contribution in [0.2, 0.25) is 0 Å². The number of fused-ring (bicyclic) bond motifs is 1. The molecule has 0 saturated heterocycles. The normalized spacial score (nSPS) is 12.0. The molecule has 0 radical (unpaired) electrons.